The first kappa shape index (κ1) is 18.7. The Kier molecular flexibility index (Phi) is 5.47. The molecule has 0 bridgehead atoms. The molecule has 2 aliphatic rings. The highest BCUT2D eigenvalue weighted by molar-refractivity contribution is 5.83. The third kappa shape index (κ3) is 4.11. The van der Waals surface area contributed by atoms with Gasteiger partial charge in [-0.25, -0.2) is 0 Å². The third-order valence-corrected chi connectivity index (χ3v) is 6.05. The summed E-state index contributed by atoms with van der Waals surface area (Å²) < 4.78 is 0. The molecular formula is C24H28N2O2. The van der Waals surface area contributed by atoms with E-state index in [0.29, 0.717) is 26.1 Å². The smallest absolute Gasteiger partial charge is 0.225 e. The minimum Gasteiger partial charge on any atom is -0.354 e. The number of carbonyl (C=O) groups is 2. The van der Waals surface area contributed by atoms with Gasteiger partial charge in [0.2, 0.25) is 11.8 Å². The van der Waals surface area contributed by atoms with Gasteiger partial charge in [0.05, 0.1) is 5.92 Å². The van der Waals surface area contributed by atoms with Crippen molar-refractivity contribution in [1.29, 1.82) is 0 Å². The second-order valence-corrected chi connectivity index (χ2v) is 8.17. The lowest BCUT2D eigenvalue weighted by molar-refractivity contribution is -0.138. The first-order valence-corrected chi connectivity index (χ1v) is 10.3. The van der Waals surface area contributed by atoms with E-state index in [4.69, 9.17) is 0 Å². The van der Waals surface area contributed by atoms with Gasteiger partial charge in [0.1, 0.15) is 0 Å². The Morgan fingerprint density at radius 1 is 1.11 bits per heavy atom. The summed E-state index contributed by atoms with van der Waals surface area (Å²) in [6.07, 6.45) is 3.82. The fourth-order valence-electron chi connectivity index (χ4n) is 4.11. The minimum absolute atomic E-state index is 0.0617. The molecule has 2 aromatic carbocycles. The van der Waals surface area contributed by atoms with Gasteiger partial charge in [-0.05, 0) is 42.9 Å². The number of carbonyl (C=O) groups excluding carboxylic acids is 2. The van der Waals surface area contributed by atoms with Crippen LogP contribution in [0.4, 0.5) is 0 Å². The van der Waals surface area contributed by atoms with E-state index in [1.165, 1.54) is 16.7 Å². The maximum absolute atomic E-state index is 12.7. The fourth-order valence-corrected chi connectivity index (χ4v) is 4.11. The average Bonchev–Trinajstić information content (AvgIpc) is 2.83. The van der Waals surface area contributed by atoms with Crippen LogP contribution in [0.1, 0.15) is 30.4 Å². The van der Waals surface area contributed by atoms with Crippen LogP contribution < -0.4 is 5.32 Å². The molecule has 1 aliphatic heterocycles. The van der Waals surface area contributed by atoms with Gasteiger partial charge in [-0.3, -0.25) is 9.59 Å². The number of nitrogens with one attached hydrogen (secondary N) is 1. The highest BCUT2D eigenvalue weighted by Crippen LogP contribution is 2.29. The van der Waals surface area contributed by atoms with E-state index >= 15 is 0 Å². The van der Waals surface area contributed by atoms with E-state index in [2.05, 4.69) is 60.8 Å². The monoisotopic (exact) mass is 376 g/mol. The molecular weight excluding hydrogens is 348 g/mol. The van der Waals surface area contributed by atoms with Gasteiger partial charge >= 0.3 is 0 Å². The summed E-state index contributed by atoms with van der Waals surface area (Å²) in [4.78, 5) is 27.1. The second-order valence-electron chi connectivity index (χ2n) is 8.17. The third-order valence-electron chi connectivity index (χ3n) is 6.05. The second kappa shape index (κ2) is 8.17. The Morgan fingerprint density at radius 3 is 2.57 bits per heavy atom. The summed E-state index contributed by atoms with van der Waals surface area (Å²) in [6.45, 7) is 3.81. The van der Waals surface area contributed by atoms with Crippen LogP contribution in [-0.4, -0.2) is 36.3 Å². The molecule has 4 rings (SSSR count). The molecule has 2 amide bonds. The molecule has 2 fully saturated rings. The molecule has 1 heterocycles. The summed E-state index contributed by atoms with van der Waals surface area (Å²) in [6, 6.07) is 16.9. The first-order valence-electron chi connectivity index (χ1n) is 10.3. The molecule has 28 heavy (non-hydrogen) atoms. The van der Waals surface area contributed by atoms with Gasteiger partial charge in [-0.2, -0.15) is 0 Å². The predicted octanol–water partition coefficient (Wildman–Crippen LogP) is 3.58. The molecule has 1 atom stereocenters. The normalized spacial score (nSPS) is 20.2. The Bertz CT molecular complexity index is 855. The van der Waals surface area contributed by atoms with Crippen molar-refractivity contribution in [3.05, 3.63) is 59.7 Å². The van der Waals surface area contributed by atoms with Gasteiger partial charge in [0.25, 0.3) is 0 Å². The van der Waals surface area contributed by atoms with Crippen molar-refractivity contribution in [1.82, 2.24) is 10.2 Å². The van der Waals surface area contributed by atoms with Crippen molar-refractivity contribution >= 4 is 11.8 Å². The molecule has 1 saturated heterocycles. The molecule has 4 nitrogen and oxygen atoms in total. The van der Waals surface area contributed by atoms with E-state index in [1.54, 1.807) is 0 Å². The van der Waals surface area contributed by atoms with Gasteiger partial charge in [-0.15, -0.1) is 0 Å². The lowest BCUT2D eigenvalue weighted by atomic mass is 9.84. The summed E-state index contributed by atoms with van der Waals surface area (Å²) in [7, 11) is 0. The maximum Gasteiger partial charge on any atom is 0.225 e. The van der Waals surface area contributed by atoms with Crippen LogP contribution >= 0.6 is 0 Å². The highest BCUT2D eigenvalue weighted by atomic mass is 16.2. The SMILES string of the molecule is Cc1cccc(-c2ccc(CC3CN(C(=O)C4CCC4)CCNC3=O)cc2)c1. The quantitative estimate of drug-likeness (QED) is 0.887. The van der Waals surface area contributed by atoms with Crippen molar-refractivity contribution in [2.45, 2.75) is 32.6 Å². The highest BCUT2D eigenvalue weighted by Gasteiger charge is 2.33. The maximum atomic E-state index is 12.7. The molecule has 1 N–H and O–H groups in total. The zero-order chi connectivity index (χ0) is 19.5. The molecule has 0 spiro atoms. The van der Waals surface area contributed by atoms with Crippen molar-refractivity contribution in [3.63, 3.8) is 0 Å². The van der Waals surface area contributed by atoms with Crippen molar-refractivity contribution < 1.29 is 9.59 Å². The van der Waals surface area contributed by atoms with Crippen LogP contribution in [0.25, 0.3) is 11.1 Å². The first-order chi connectivity index (χ1) is 13.6. The molecule has 0 aromatic heterocycles. The van der Waals surface area contributed by atoms with Crippen LogP contribution in [0.5, 0.6) is 0 Å². The van der Waals surface area contributed by atoms with E-state index in [1.807, 2.05) is 4.90 Å². The molecule has 146 valence electrons. The van der Waals surface area contributed by atoms with Crippen molar-refractivity contribution in [3.8, 4) is 11.1 Å². The zero-order valence-electron chi connectivity index (χ0n) is 16.5. The van der Waals surface area contributed by atoms with Gasteiger partial charge in [0, 0.05) is 25.6 Å². The number of rotatable bonds is 4. The largest absolute Gasteiger partial charge is 0.354 e. The van der Waals surface area contributed by atoms with E-state index in [-0.39, 0.29) is 23.7 Å². The molecule has 4 heteroatoms. The number of hydrogen-bond acceptors (Lipinski definition) is 2. The summed E-state index contributed by atoms with van der Waals surface area (Å²) in [5, 5.41) is 2.99. The Balaban J connectivity index is 1.45. The number of aryl methyl sites for hydroxylation is 1. The molecule has 2 aromatic rings. The number of hydrogen-bond donors (Lipinski definition) is 1. The van der Waals surface area contributed by atoms with E-state index < -0.39 is 0 Å². The van der Waals surface area contributed by atoms with Crippen LogP contribution in [0.15, 0.2) is 48.5 Å². The Morgan fingerprint density at radius 2 is 1.89 bits per heavy atom. The number of amides is 2. The van der Waals surface area contributed by atoms with E-state index in [9.17, 15) is 9.59 Å². The topological polar surface area (TPSA) is 49.4 Å². The van der Waals surface area contributed by atoms with Crippen molar-refractivity contribution in [2.24, 2.45) is 11.8 Å². The summed E-state index contributed by atoms with van der Waals surface area (Å²) >= 11 is 0. The zero-order valence-corrected chi connectivity index (χ0v) is 16.5. The number of nitrogens with zero attached hydrogens (tertiary/aromatic N) is 1. The summed E-state index contributed by atoms with van der Waals surface area (Å²) in [5.74, 6) is 0.299. The standard InChI is InChI=1S/C24H28N2O2/c1-17-4-2-7-21(14-17)19-10-8-18(9-11-19)15-22-16-26(13-12-25-23(22)27)24(28)20-5-3-6-20/h2,4,7-11,14,20,22H,3,5-6,12-13,15-16H2,1H3,(H,25,27). The van der Waals surface area contributed by atoms with Crippen LogP contribution in [0.3, 0.4) is 0 Å². The number of benzene rings is 2. The van der Waals surface area contributed by atoms with Crippen molar-refractivity contribution in [2.75, 3.05) is 19.6 Å². The van der Waals surface area contributed by atoms with Crippen LogP contribution in [-0.2, 0) is 16.0 Å². The molecule has 1 saturated carbocycles. The fraction of sp³-hybridized carbons (Fsp3) is 0.417. The molecule has 1 aliphatic carbocycles. The Labute approximate surface area is 166 Å². The predicted molar refractivity (Wildman–Crippen MR) is 111 cm³/mol. The van der Waals surface area contributed by atoms with Crippen LogP contribution in [0.2, 0.25) is 0 Å². The van der Waals surface area contributed by atoms with Gasteiger partial charge in [-0.1, -0.05) is 60.5 Å². The summed E-state index contributed by atoms with van der Waals surface area (Å²) in [5.41, 5.74) is 4.76. The van der Waals surface area contributed by atoms with E-state index in [0.717, 1.165) is 24.8 Å². The van der Waals surface area contributed by atoms with Crippen LogP contribution in [0, 0.1) is 18.8 Å². The van der Waals surface area contributed by atoms with Gasteiger partial charge in [0.15, 0.2) is 0 Å². The average molecular weight is 377 g/mol. The van der Waals surface area contributed by atoms with Gasteiger partial charge < -0.3 is 10.2 Å². The lowest BCUT2D eigenvalue weighted by Gasteiger charge is -2.31. The minimum atomic E-state index is -0.184. The lowest BCUT2D eigenvalue weighted by Crippen LogP contribution is -2.42. The molecule has 1 unspecified atom stereocenters. The molecule has 0 radical (unpaired) electrons. The Hall–Kier alpha value is -2.62.